The zero-order chi connectivity index (χ0) is 25.7. The lowest BCUT2D eigenvalue weighted by Gasteiger charge is -2.36. The smallest absolute Gasteiger partial charge is 0.255 e. The van der Waals surface area contributed by atoms with E-state index in [0.717, 1.165) is 33.8 Å². The van der Waals surface area contributed by atoms with Crippen LogP contribution in [0.3, 0.4) is 0 Å². The zero-order valence-corrected chi connectivity index (χ0v) is 23.4. The molecule has 2 amide bonds. The van der Waals surface area contributed by atoms with Crippen molar-refractivity contribution in [2.75, 3.05) is 42.1 Å². The minimum Gasteiger partial charge on any atom is -0.368 e. The molecule has 1 fully saturated rings. The summed E-state index contributed by atoms with van der Waals surface area (Å²) in [5, 5.41) is 2.99. The molecule has 1 saturated heterocycles. The molecule has 4 rings (SSSR count). The third kappa shape index (κ3) is 6.71. The van der Waals surface area contributed by atoms with E-state index in [2.05, 4.69) is 71.2 Å². The largest absolute Gasteiger partial charge is 0.368 e. The van der Waals surface area contributed by atoms with E-state index >= 15 is 0 Å². The molecule has 0 aliphatic carbocycles. The van der Waals surface area contributed by atoms with Crippen molar-refractivity contribution in [1.82, 2.24) is 4.90 Å². The molecule has 3 aromatic rings. The number of amides is 2. The predicted octanol–water partition coefficient (Wildman–Crippen LogP) is 6.44. The Morgan fingerprint density at radius 1 is 0.889 bits per heavy atom. The van der Waals surface area contributed by atoms with Crippen molar-refractivity contribution < 1.29 is 9.59 Å². The monoisotopic (exact) mass is 565 g/mol. The van der Waals surface area contributed by atoms with Gasteiger partial charge in [-0.15, -0.1) is 11.8 Å². The van der Waals surface area contributed by atoms with Crippen molar-refractivity contribution in [1.29, 1.82) is 0 Å². The van der Waals surface area contributed by atoms with Gasteiger partial charge in [0.2, 0.25) is 5.91 Å². The van der Waals surface area contributed by atoms with E-state index in [1.807, 2.05) is 53.4 Å². The molecule has 0 spiro atoms. The Balaban J connectivity index is 1.25. The molecule has 1 heterocycles. The molecule has 0 unspecified atom stereocenters. The van der Waals surface area contributed by atoms with Crippen molar-refractivity contribution in [2.45, 2.75) is 31.1 Å². The van der Waals surface area contributed by atoms with Gasteiger partial charge in [0.15, 0.2) is 0 Å². The SMILES string of the molecule is CC(C)(C)c1ccc(SCC(=O)Nc2ccc(N3CCN(C(=O)c4ccccc4Br)CC3)cc2)cc1. The van der Waals surface area contributed by atoms with E-state index in [9.17, 15) is 9.59 Å². The summed E-state index contributed by atoms with van der Waals surface area (Å²) >= 11 is 5.02. The number of benzene rings is 3. The lowest BCUT2D eigenvalue weighted by molar-refractivity contribution is -0.113. The number of rotatable bonds is 6. The summed E-state index contributed by atoms with van der Waals surface area (Å²) in [6, 6.07) is 23.9. The summed E-state index contributed by atoms with van der Waals surface area (Å²) in [6.07, 6.45) is 0. The Morgan fingerprint density at radius 2 is 1.53 bits per heavy atom. The number of nitrogens with one attached hydrogen (secondary N) is 1. The van der Waals surface area contributed by atoms with Gasteiger partial charge in [-0.1, -0.05) is 45.0 Å². The Hall–Kier alpha value is -2.77. The van der Waals surface area contributed by atoms with Gasteiger partial charge in [-0.25, -0.2) is 0 Å². The Kier molecular flexibility index (Phi) is 8.42. The molecule has 7 heteroatoms. The highest BCUT2D eigenvalue weighted by atomic mass is 79.9. The number of anilines is 2. The highest BCUT2D eigenvalue weighted by Gasteiger charge is 2.23. The van der Waals surface area contributed by atoms with Crippen LogP contribution in [0.25, 0.3) is 0 Å². The van der Waals surface area contributed by atoms with Crippen molar-refractivity contribution in [3.05, 3.63) is 88.4 Å². The van der Waals surface area contributed by atoms with Gasteiger partial charge >= 0.3 is 0 Å². The molecule has 0 atom stereocenters. The maximum absolute atomic E-state index is 12.8. The minimum absolute atomic E-state index is 0.0214. The van der Waals surface area contributed by atoms with Gasteiger partial charge in [-0.3, -0.25) is 9.59 Å². The van der Waals surface area contributed by atoms with E-state index in [1.54, 1.807) is 0 Å². The van der Waals surface area contributed by atoms with E-state index in [-0.39, 0.29) is 17.2 Å². The Bertz CT molecular complexity index is 1200. The molecule has 1 aliphatic rings. The van der Waals surface area contributed by atoms with Crippen LogP contribution >= 0.6 is 27.7 Å². The second-order valence-corrected chi connectivity index (χ2v) is 11.8. The molecule has 1 aliphatic heterocycles. The topological polar surface area (TPSA) is 52.7 Å². The lowest BCUT2D eigenvalue weighted by Crippen LogP contribution is -2.48. The molecule has 36 heavy (non-hydrogen) atoms. The van der Waals surface area contributed by atoms with Crippen LogP contribution in [-0.2, 0) is 10.2 Å². The second-order valence-electron chi connectivity index (χ2n) is 9.92. The third-order valence-corrected chi connectivity index (χ3v) is 7.98. The first kappa shape index (κ1) is 26.3. The van der Waals surface area contributed by atoms with Crippen LogP contribution in [0, 0.1) is 0 Å². The van der Waals surface area contributed by atoms with Gasteiger partial charge < -0.3 is 15.1 Å². The van der Waals surface area contributed by atoms with Crippen LogP contribution in [0.5, 0.6) is 0 Å². The third-order valence-electron chi connectivity index (χ3n) is 6.28. The van der Waals surface area contributed by atoms with Crippen LogP contribution in [-0.4, -0.2) is 48.6 Å². The summed E-state index contributed by atoms with van der Waals surface area (Å²) in [5.41, 5.74) is 3.99. The van der Waals surface area contributed by atoms with Gasteiger partial charge in [0.1, 0.15) is 0 Å². The quantitative estimate of drug-likeness (QED) is 0.349. The predicted molar refractivity (Wildman–Crippen MR) is 153 cm³/mol. The Morgan fingerprint density at radius 3 is 2.14 bits per heavy atom. The minimum atomic E-state index is -0.0214. The van der Waals surface area contributed by atoms with Gasteiger partial charge in [0, 0.05) is 46.9 Å². The number of carbonyl (C=O) groups excluding carboxylic acids is 2. The van der Waals surface area contributed by atoms with Crippen LogP contribution < -0.4 is 10.2 Å². The molecule has 0 radical (unpaired) electrons. The van der Waals surface area contributed by atoms with Crippen molar-refractivity contribution in [2.24, 2.45) is 0 Å². The summed E-state index contributed by atoms with van der Waals surface area (Å²) in [4.78, 5) is 30.6. The van der Waals surface area contributed by atoms with Crippen molar-refractivity contribution >= 4 is 50.9 Å². The van der Waals surface area contributed by atoms with E-state index in [4.69, 9.17) is 0 Å². The number of hydrogen-bond acceptors (Lipinski definition) is 4. The summed E-state index contributed by atoms with van der Waals surface area (Å²) < 4.78 is 0.826. The average molecular weight is 567 g/mol. The van der Waals surface area contributed by atoms with E-state index in [1.165, 1.54) is 17.3 Å². The molecule has 0 bridgehead atoms. The fourth-order valence-electron chi connectivity index (χ4n) is 4.13. The van der Waals surface area contributed by atoms with Crippen LogP contribution in [0.15, 0.2) is 82.2 Å². The molecule has 3 aromatic carbocycles. The maximum atomic E-state index is 12.8. The van der Waals surface area contributed by atoms with Crippen LogP contribution in [0.1, 0.15) is 36.7 Å². The maximum Gasteiger partial charge on any atom is 0.255 e. The number of carbonyl (C=O) groups is 2. The first-order valence-electron chi connectivity index (χ1n) is 12.1. The number of nitrogens with zero attached hydrogens (tertiary/aromatic N) is 2. The summed E-state index contributed by atoms with van der Waals surface area (Å²) in [6.45, 7) is 9.47. The molecule has 0 aromatic heterocycles. The van der Waals surface area contributed by atoms with Gasteiger partial charge in [0.05, 0.1) is 11.3 Å². The molecular weight excluding hydrogens is 534 g/mol. The molecule has 5 nitrogen and oxygen atoms in total. The van der Waals surface area contributed by atoms with Crippen LogP contribution in [0.2, 0.25) is 0 Å². The highest BCUT2D eigenvalue weighted by Crippen LogP contribution is 2.26. The van der Waals surface area contributed by atoms with Crippen molar-refractivity contribution in [3.8, 4) is 0 Å². The number of piperazine rings is 1. The van der Waals surface area contributed by atoms with Gasteiger partial charge in [-0.05, 0) is 75.4 Å². The average Bonchev–Trinajstić information content (AvgIpc) is 2.88. The molecule has 188 valence electrons. The first-order chi connectivity index (χ1) is 17.2. The second kappa shape index (κ2) is 11.5. The summed E-state index contributed by atoms with van der Waals surface area (Å²) in [5.74, 6) is 0.402. The highest BCUT2D eigenvalue weighted by molar-refractivity contribution is 9.10. The van der Waals surface area contributed by atoms with Crippen molar-refractivity contribution in [3.63, 3.8) is 0 Å². The van der Waals surface area contributed by atoms with Crippen LogP contribution in [0.4, 0.5) is 11.4 Å². The first-order valence-corrected chi connectivity index (χ1v) is 13.9. The Labute approximate surface area is 226 Å². The number of thioether (sulfide) groups is 1. The fraction of sp³-hybridized carbons (Fsp3) is 0.310. The molecular formula is C29H32BrN3O2S. The molecule has 0 saturated carbocycles. The number of hydrogen-bond donors (Lipinski definition) is 1. The summed E-state index contributed by atoms with van der Waals surface area (Å²) in [7, 11) is 0. The van der Waals surface area contributed by atoms with Gasteiger partial charge in [0.25, 0.3) is 5.91 Å². The van der Waals surface area contributed by atoms with Gasteiger partial charge in [-0.2, -0.15) is 0 Å². The normalized spacial score (nSPS) is 14.0. The zero-order valence-electron chi connectivity index (χ0n) is 21.0. The lowest BCUT2D eigenvalue weighted by atomic mass is 9.87. The van der Waals surface area contributed by atoms with E-state index < -0.39 is 0 Å². The fourth-order valence-corrected chi connectivity index (χ4v) is 5.28. The standard InChI is InChI=1S/C29H32BrN3O2S/c1-29(2,3)21-8-14-24(15-9-21)36-20-27(34)31-22-10-12-23(13-11-22)32-16-18-33(19-17-32)28(35)25-6-4-5-7-26(25)30/h4-15H,16-20H2,1-3H3,(H,31,34). The molecule has 1 N–H and O–H groups in total. The number of halogens is 1. The van der Waals surface area contributed by atoms with E-state index in [0.29, 0.717) is 24.4 Å².